The van der Waals surface area contributed by atoms with Crippen molar-refractivity contribution in [2.45, 2.75) is 18.9 Å². The molecule has 76 valence electrons. The van der Waals surface area contributed by atoms with Crippen molar-refractivity contribution in [1.29, 1.82) is 0 Å². The number of hydrogen-bond donors (Lipinski definition) is 1. The van der Waals surface area contributed by atoms with Crippen LogP contribution in [0.3, 0.4) is 0 Å². The normalized spacial score (nSPS) is 10.5. The summed E-state index contributed by atoms with van der Waals surface area (Å²) in [6, 6.07) is 3.11. The molecule has 1 heterocycles. The number of aromatic carboxylic acids is 1. The van der Waals surface area contributed by atoms with Crippen molar-refractivity contribution >= 4 is 17.7 Å². The Morgan fingerprint density at radius 3 is 2.93 bits per heavy atom. The molecule has 0 amide bonds. The topological polar surface area (TPSA) is 50.2 Å². The van der Waals surface area contributed by atoms with E-state index >= 15 is 0 Å². The molecule has 0 bridgehead atoms. The van der Waals surface area contributed by atoms with E-state index in [2.05, 4.69) is 18.8 Å². The number of thioether (sulfide) groups is 1. The molecule has 0 saturated carbocycles. The first-order valence-electron chi connectivity index (χ1n) is 4.41. The molecule has 0 aliphatic rings. The van der Waals surface area contributed by atoms with E-state index in [0.717, 1.165) is 10.8 Å². The van der Waals surface area contributed by atoms with Crippen LogP contribution in [-0.4, -0.2) is 21.8 Å². The molecule has 0 atom stereocenters. The fraction of sp³-hybridized carbons (Fsp3) is 0.400. The molecule has 0 unspecified atom stereocenters. The number of aromatic nitrogens is 1. The molecule has 0 radical (unpaired) electrons. The first kappa shape index (κ1) is 11.0. The van der Waals surface area contributed by atoms with Crippen LogP contribution in [0.5, 0.6) is 0 Å². The second-order valence-electron chi connectivity index (χ2n) is 3.39. The standard InChI is InChI=1S/C10H13NO2S/c1-7(2)6-14-9-5-8(10(12)13)3-4-11-9/h3-5,7H,6H2,1-2H3,(H,12,13). The SMILES string of the molecule is CC(C)CSc1cc(C(=O)O)ccn1. The van der Waals surface area contributed by atoms with Crippen LogP contribution in [0, 0.1) is 5.92 Å². The average molecular weight is 211 g/mol. The lowest BCUT2D eigenvalue weighted by Gasteiger charge is -2.03. The van der Waals surface area contributed by atoms with E-state index in [1.165, 1.54) is 12.3 Å². The molecule has 4 heteroatoms. The first-order valence-corrected chi connectivity index (χ1v) is 5.40. The van der Waals surface area contributed by atoms with Gasteiger partial charge >= 0.3 is 5.97 Å². The van der Waals surface area contributed by atoms with Gasteiger partial charge in [-0.15, -0.1) is 11.8 Å². The lowest BCUT2D eigenvalue weighted by Crippen LogP contribution is -1.97. The van der Waals surface area contributed by atoms with Crippen LogP contribution in [0.2, 0.25) is 0 Å². The van der Waals surface area contributed by atoms with Gasteiger partial charge in [-0.2, -0.15) is 0 Å². The molecular formula is C10H13NO2S. The number of nitrogens with zero attached hydrogens (tertiary/aromatic N) is 1. The van der Waals surface area contributed by atoms with Crippen LogP contribution < -0.4 is 0 Å². The molecule has 1 rings (SSSR count). The largest absolute Gasteiger partial charge is 0.478 e. The van der Waals surface area contributed by atoms with Gasteiger partial charge in [0.25, 0.3) is 0 Å². The Bertz CT molecular complexity index is 326. The van der Waals surface area contributed by atoms with Crippen molar-refractivity contribution in [3.8, 4) is 0 Å². The number of carboxylic acids is 1. The van der Waals surface area contributed by atoms with Gasteiger partial charge in [0.1, 0.15) is 0 Å². The molecule has 3 nitrogen and oxygen atoms in total. The first-order chi connectivity index (χ1) is 6.59. The van der Waals surface area contributed by atoms with Crippen molar-refractivity contribution in [3.05, 3.63) is 23.9 Å². The van der Waals surface area contributed by atoms with E-state index in [4.69, 9.17) is 5.11 Å². The monoisotopic (exact) mass is 211 g/mol. The van der Waals surface area contributed by atoms with E-state index in [1.54, 1.807) is 17.8 Å². The predicted octanol–water partition coefficient (Wildman–Crippen LogP) is 2.53. The maximum absolute atomic E-state index is 10.7. The zero-order chi connectivity index (χ0) is 10.6. The molecule has 0 fully saturated rings. The van der Waals surface area contributed by atoms with Crippen LogP contribution in [0.25, 0.3) is 0 Å². The molecule has 0 aliphatic heterocycles. The van der Waals surface area contributed by atoms with Crippen LogP contribution in [-0.2, 0) is 0 Å². The highest BCUT2D eigenvalue weighted by atomic mass is 32.2. The Balaban J connectivity index is 2.69. The Morgan fingerprint density at radius 1 is 1.64 bits per heavy atom. The van der Waals surface area contributed by atoms with Crippen LogP contribution >= 0.6 is 11.8 Å². The Kier molecular flexibility index (Phi) is 3.95. The number of hydrogen-bond acceptors (Lipinski definition) is 3. The lowest BCUT2D eigenvalue weighted by molar-refractivity contribution is 0.0696. The summed E-state index contributed by atoms with van der Waals surface area (Å²) >= 11 is 1.59. The Morgan fingerprint density at radius 2 is 2.36 bits per heavy atom. The van der Waals surface area contributed by atoms with E-state index in [0.29, 0.717) is 11.5 Å². The molecule has 0 aliphatic carbocycles. The third-order valence-electron chi connectivity index (χ3n) is 1.55. The van der Waals surface area contributed by atoms with Crippen LogP contribution in [0.1, 0.15) is 24.2 Å². The number of carboxylic acid groups (broad SMARTS) is 1. The van der Waals surface area contributed by atoms with Gasteiger partial charge in [0.15, 0.2) is 0 Å². The van der Waals surface area contributed by atoms with Gasteiger partial charge in [-0.05, 0) is 18.1 Å². The van der Waals surface area contributed by atoms with E-state index < -0.39 is 5.97 Å². The van der Waals surface area contributed by atoms with Crippen molar-refractivity contribution in [1.82, 2.24) is 4.98 Å². The van der Waals surface area contributed by atoms with Crippen LogP contribution in [0.4, 0.5) is 0 Å². The molecule has 1 aromatic rings. The second kappa shape index (κ2) is 5.00. The van der Waals surface area contributed by atoms with Gasteiger partial charge in [0.2, 0.25) is 0 Å². The van der Waals surface area contributed by atoms with Gasteiger partial charge in [-0.25, -0.2) is 9.78 Å². The summed E-state index contributed by atoms with van der Waals surface area (Å²) in [5, 5.41) is 9.53. The molecule has 1 aromatic heterocycles. The maximum atomic E-state index is 10.7. The summed E-state index contributed by atoms with van der Waals surface area (Å²) in [4.78, 5) is 14.7. The molecule has 0 saturated heterocycles. The smallest absolute Gasteiger partial charge is 0.335 e. The Hall–Kier alpha value is -1.03. The molecule has 14 heavy (non-hydrogen) atoms. The minimum Gasteiger partial charge on any atom is -0.478 e. The molecule has 0 aromatic carbocycles. The van der Waals surface area contributed by atoms with Gasteiger partial charge in [0, 0.05) is 11.9 Å². The Labute approximate surface area is 87.6 Å². The summed E-state index contributed by atoms with van der Waals surface area (Å²) in [7, 11) is 0. The van der Waals surface area contributed by atoms with Gasteiger partial charge in [-0.3, -0.25) is 0 Å². The number of rotatable bonds is 4. The molecule has 0 spiro atoms. The van der Waals surface area contributed by atoms with Crippen molar-refractivity contribution in [2.24, 2.45) is 5.92 Å². The van der Waals surface area contributed by atoms with Gasteiger partial charge < -0.3 is 5.11 Å². The van der Waals surface area contributed by atoms with Gasteiger partial charge in [-0.1, -0.05) is 13.8 Å². The summed E-state index contributed by atoms with van der Waals surface area (Å²) in [5.74, 6) is 0.630. The fourth-order valence-corrected chi connectivity index (χ4v) is 1.72. The zero-order valence-corrected chi connectivity index (χ0v) is 9.04. The number of carbonyl (C=O) groups is 1. The quantitative estimate of drug-likeness (QED) is 0.777. The summed E-state index contributed by atoms with van der Waals surface area (Å²) < 4.78 is 0. The third kappa shape index (κ3) is 3.38. The highest BCUT2D eigenvalue weighted by molar-refractivity contribution is 7.99. The highest BCUT2D eigenvalue weighted by Crippen LogP contribution is 2.18. The lowest BCUT2D eigenvalue weighted by atomic mass is 10.3. The van der Waals surface area contributed by atoms with E-state index in [9.17, 15) is 4.79 Å². The average Bonchev–Trinajstić information content (AvgIpc) is 2.15. The number of pyridine rings is 1. The molecule has 1 N–H and O–H groups in total. The summed E-state index contributed by atoms with van der Waals surface area (Å²) in [6.07, 6.45) is 1.53. The van der Waals surface area contributed by atoms with Crippen molar-refractivity contribution in [2.75, 3.05) is 5.75 Å². The third-order valence-corrected chi connectivity index (χ3v) is 2.90. The van der Waals surface area contributed by atoms with E-state index in [1.807, 2.05) is 0 Å². The van der Waals surface area contributed by atoms with Crippen molar-refractivity contribution in [3.63, 3.8) is 0 Å². The van der Waals surface area contributed by atoms with Crippen molar-refractivity contribution < 1.29 is 9.90 Å². The van der Waals surface area contributed by atoms with E-state index in [-0.39, 0.29) is 0 Å². The fourth-order valence-electron chi connectivity index (χ4n) is 0.873. The minimum atomic E-state index is -0.904. The summed E-state index contributed by atoms with van der Waals surface area (Å²) in [5.41, 5.74) is 0.297. The van der Waals surface area contributed by atoms with Crippen LogP contribution in [0.15, 0.2) is 23.4 Å². The maximum Gasteiger partial charge on any atom is 0.335 e. The molecular weight excluding hydrogens is 198 g/mol. The highest BCUT2D eigenvalue weighted by Gasteiger charge is 2.04. The van der Waals surface area contributed by atoms with Gasteiger partial charge in [0.05, 0.1) is 10.6 Å². The summed E-state index contributed by atoms with van der Waals surface area (Å²) in [6.45, 7) is 4.24. The minimum absolute atomic E-state index is 0.297. The second-order valence-corrected chi connectivity index (χ2v) is 4.43. The zero-order valence-electron chi connectivity index (χ0n) is 8.23. The predicted molar refractivity (Wildman–Crippen MR) is 56.8 cm³/mol.